The summed E-state index contributed by atoms with van der Waals surface area (Å²) in [4.78, 5) is 38.5. The van der Waals surface area contributed by atoms with Crippen LogP contribution in [0.3, 0.4) is 0 Å². The Morgan fingerprint density at radius 2 is 2.00 bits per heavy atom. The van der Waals surface area contributed by atoms with Crippen molar-refractivity contribution < 1.29 is 27.9 Å². The molecule has 0 aliphatic carbocycles. The highest BCUT2D eigenvalue weighted by Crippen LogP contribution is 2.30. The molecule has 2 amide bonds. The van der Waals surface area contributed by atoms with E-state index >= 15 is 0 Å². The van der Waals surface area contributed by atoms with E-state index in [9.17, 15) is 23.1 Å². The number of aliphatic hydroxyl groups is 1. The molecule has 0 saturated carbocycles. The fourth-order valence-corrected chi connectivity index (χ4v) is 4.49. The third-order valence-corrected chi connectivity index (χ3v) is 6.72. The molecule has 0 aromatic carbocycles. The van der Waals surface area contributed by atoms with Gasteiger partial charge in [-0.25, -0.2) is 23.4 Å². The maximum absolute atomic E-state index is 12.5. The van der Waals surface area contributed by atoms with Crippen molar-refractivity contribution in [1.29, 1.82) is 0 Å². The van der Waals surface area contributed by atoms with E-state index in [0.29, 0.717) is 6.54 Å². The van der Waals surface area contributed by atoms with Crippen LogP contribution < -0.4 is 11.1 Å². The lowest BCUT2D eigenvalue weighted by Crippen LogP contribution is -2.50. The Labute approximate surface area is 200 Å². The summed E-state index contributed by atoms with van der Waals surface area (Å²) in [6, 6.07) is 0. The maximum atomic E-state index is 12.5. The highest BCUT2D eigenvalue weighted by atomic mass is 32.2. The Bertz CT molecular complexity index is 1370. The topological polar surface area (TPSA) is 186 Å². The fraction of sp³-hybridized carbons (Fsp3) is 0.450. The van der Waals surface area contributed by atoms with E-state index in [1.807, 2.05) is 0 Å². The first-order valence-electron chi connectivity index (χ1n) is 10.7. The standard InChI is InChI=1S/C20H24N8O6S/c1-3-22-19(31)13-10-12(29)20(34-13)28-11-23-16-17(21)24-14(25-18(16)28)4-5-15(30)26-6-8-27(9-7-26)35(2,32)33/h10-12,20,29H,3,6-9H2,1-2H3,(H,22,31)(H2,21,24,25)/t12?,20-/m1/s1. The zero-order valence-corrected chi connectivity index (χ0v) is 19.8. The van der Waals surface area contributed by atoms with Gasteiger partial charge in [-0.2, -0.15) is 4.31 Å². The first kappa shape index (κ1) is 24.4. The number of likely N-dealkylation sites (N-methyl/N-ethyl adjacent to an activating group) is 1. The van der Waals surface area contributed by atoms with Gasteiger partial charge in [0, 0.05) is 38.6 Å². The number of aliphatic hydroxyl groups excluding tert-OH is 1. The average molecular weight is 505 g/mol. The molecule has 1 unspecified atom stereocenters. The number of piperazine rings is 1. The number of amides is 2. The molecule has 4 rings (SSSR count). The second kappa shape index (κ2) is 9.49. The molecule has 14 nitrogen and oxygen atoms in total. The molecule has 186 valence electrons. The number of imidazole rings is 1. The van der Waals surface area contributed by atoms with Crippen LogP contribution >= 0.6 is 0 Å². The number of anilines is 1. The molecule has 2 aromatic rings. The summed E-state index contributed by atoms with van der Waals surface area (Å²) >= 11 is 0. The molecule has 0 radical (unpaired) electrons. The lowest BCUT2D eigenvalue weighted by Gasteiger charge is -2.31. The monoisotopic (exact) mass is 504 g/mol. The lowest BCUT2D eigenvalue weighted by molar-refractivity contribution is -0.126. The number of nitrogens with zero attached hydrogens (tertiary/aromatic N) is 6. The summed E-state index contributed by atoms with van der Waals surface area (Å²) in [7, 11) is -3.31. The number of rotatable bonds is 4. The van der Waals surface area contributed by atoms with Gasteiger partial charge in [0.1, 0.15) is 17.9 Å². The Balaban J connectivity index is 1.53. The van der Waals surface area contributed by atoms with Gasteiger partial charge in [-0.1, -0.05) is 0 Å². The molecular weight excluding hydrogens is 480 g/mol. The summed E-state index contributed by atoms with van der Waals surface area (Å²) in [5.41, 5.74) is 6.43. The number of nitrogen functional groups attached to an aromatic ring is 1. The molecule has 4 N–H and O–H groups in total. The fourth-order valence-electron chi connectivity index (χ4n) is 3.67. The lowest BCUT2D eigenvalue weighted by atomic mass is 10.3. The minimum Gasteiger partial charge on any atom is -0.461 e. The van der Waals surface area contributed by atoms with Crippen LogP contribution in [0.4, 0.5) is 5.82 Å². The van der Waals surface area contributed by atoms with Crippen LogP contribution in [0.25, 0.3) is 11.2 Å². The van der Waals surface area contributed by atoms with Crippen LogP contribution in [0.2, 0.25) is 0 Å². The molecule has 2 aromatic heterocycles. The second-order valence-corrected chi connectivity index (χ2v) is 9.83. The SMILES string of the molecule is CCNC(=O)C1=CC(O)[C@H](n2cnc3c(N)nc(C#CC(=O)N4CCN(S(C)(=O)=O)CC4)nc32)O1. The third kappa shape index (κ3) is 5.04. The Morgan fingerprint density at radius 3 is 2.66 bits per heavy atom. The minimum absolute atomic E-state index is 0.0108. The number of ether oxygens (including phenoxy) is 1. The minimum atomic E-state index is -3.31. The van der Waals surface area contributed by atoms with Gasteiger partial charge in [-0.3, -0.25) is 14.2 Å². The van der Waals surface area contributed by atoms with Crippen molar-refractivity contribution in [3.05, 3.63) is 24.0 Å². The first-order valence-corrected chi connectivity index (χ1v) is 12.5. The van der Waals surface area contributed by atoms with Crippen molar-refractivity contribution in [1.82, 2.24) is 34.0 Å². The molecular formula is C20H24N8O6S. The molecule has 4 heterocycles. The predicted molar refractivity (Wildman–Crippen MR) is 123 cm³/mol. The Hall–Kier alpha value is -3.74. The second-order valence-electron chi connectivity index (χ2n) is 7.85. The van der Waals surface area contributed by atoms with E-state index in [2.05, 4.69) is 32.1 Å². The number of nitrogens with one attached hydrogen (secondary N) is 1. The van der Waals surface area contributed by atoms with Gasteiger partial charge in [0.2, 0.25) is 22.1 Å². The largest absolute Gasteiger partial charge is 0.461 e. The van der Waals surface area contributed by atoms with Crippen LogP contribution in [0.15, 0.2) is 18.2 Å². The van der Waals surface area contributed by atoms with E-state index in [-0.39, 0.29) is 54.7 Å². The zero-order chi connectivity index (χ0) is 25.3. The molecule has 35 heavy (non-hydrogen) atoms. The quantitative estimate of drug-likeness (QED) is 0.385. The van der Waals surface area contributed by atoms with Crippen molar-refractivity contribution in [2.75, 3.05) is 44.7 Å². The smallest absolute Gasteiger partial charge is 0.299 e. The molecule has 0 spiro atoms. The van der Waals surface area contributed by atoms with Crippen LogP contribution in [0.1, 0.15) is 19.0 Å². The summed E-state index contributed by atoms with van der Waals surface area (Å²) in [6.07, 6.45) is 1.60. The number of carbonyl (C=O) groups excluding carboxylic acids is 2. The van der Waals surface area contributed by atoms with Gasteiger partial charge in [0.05, 0.1) is 6.26 Å². The molecule has 1 fully saturated rings. The van der Waals surface area contributed by atoms with Crippen molar-refractivity contribution in [3.63, 3.8) is 0 Å². The number of sulfonamides is 1. The van der Waals surface area contributed by atoms with E-state index in [0.717, 1.165) is 6.26 Å². The number of aromatic nitrogens is 4. The zero-order valence-electron chi connectivity index (χ0n) is 19.0. The average Bonchev–Trinajstić information content (AvgIpc) is 3.40. The Morgan fingerprint density at radius 1 is 1.29 bits per heavy atom. The number of nitrogens with two attached hydrogens (primary N) is 1. The third-order valence-electron chi connectivity index (χ3n) is 5.42. The van der Waals surface area contributed by atoms with Gasteiger partial charge in [-0.05, 0) is 18.9 Å². The van der Waals surface area contributed by atoms with E-state index < -0.39 is 34.2 Å². The van der Waals surface area contributed by atoms with Gasteiger partial charge in [0.25, 0.3) is 11.8 Å². The van der Waals surface area contributed by atoms with Crippen molar-refractivity contribution in [3.8, 4) is 11.8 Å². The summed E-state index contributed by atoms with van der Waals surface area (Å²) in [5.74, 6) is 4.00. The Kier molecular flexibility index (Phi) is 6.61. The highest BCUT2D eigenvalue weighted by Gasteiger charge is 2.34. The van der Waals surface area contributed by atoms with Crippen molar-refractivity contribution in [2.45, 2.75) is 19.3 Å². The van der Waals surface area contributed by atoms with E-state index in [1.165, 1.54) is 26.2 Å². The molecule has 2 atom stereocenters. The van der Waals surface area contributed by atoms with Crippen molar-refractivity contribution >= 4 is 38.8 Å². The van der Waals surface area contributed by atoms with Crippen LogP contribution in [0.5, 0.6) is 0 Å². The van der Waals surface area contributed by atoms with Gasteiger partial charge < -0.3 is 25.8 Å². The van der Waals surface area contributed by atoms with E-state index in [4.69, 9.17) is 10.5 Å². The predicted octanol–water partition coefficient (Wildman–Crippen LogP) is -2.23. The number of hydrogen-bond acceptors (Lipinski definition) is 10. The van der Waals surface area contributed by atoms with Crippen LogP contribution in [-0.2, 0) is 24.3 Å². The summed E-state index contributed by atoms with van der Waals surface area (Å²) in [5, 5.41) is 13.0. The van der Waals surface area contributed by atoms with Crippen LogP contribution in [0, 0.1) is 11.8 Å². The highest BCUT2D eigenvalue weighted by molar-refractivity contribution is 7.88. The van der Waals surface area contributed by atoms with E-state index in [1.54, 1.807) is 6.92 Å². The van der Waals surface area contributed by atoms with Gasteiger partial charge >= 0.3 is 0 Å². The molecule has 2 aliphatic heterocycles. The van der Waals surface area contributed by atoms with Gasteiger partial charge in [-0.15, -0.1) is 0 Å². The first-order chi connectivity index (χ1) is 16.6. The molecule has 0 bridgehead atoms. The van der Waals surface area contributed by atoms with Crippen LogP contribution in [-0.4, -0.2) is 99.1 Å². The number of carbonyl (C=O) groups is 2. The van der Waals surface area contributed by atoms with Gasteiger partial charge in [0.15, 0.2) is 17.2 Å². The summed E-state index contributed by atoms with van der Waals surface area (Å²) in [6.45, 7) is 2.97. The normalized spacial score (nSPS) is 20.7. The number of fused-ring (bicyclic) bond motifs is 1. The molecule has 2 aliphatic rings. The summed E-state index contributed by atoms with van der Waals surface area (Å²) < 4.78 is 31.6. The number of hydrogen-bond donors (Lipinski definition) is 3. The molecule has 15 heteroatoms. The van der Waals surface area contributed by atoms with Crippen molar-refractivity contribution in [2.24, 2.45) is 0 Å². The molecule has 1 saturated heterocycles. The maximum Gasteiger partial charge on any atom is 0.299 e.